The van der Waals surface area contributed by atoms with Crippen LogP contribution >= 0.6 is 0 Å². The van der Waals surface area contributed by atoms with Crippen molar-refractivity contribution in [3.05, 3.63) is 30.3 Å². The predicted octanol–water partition coefficient (Wildman–Crippen LogP) is 16.7. The Morgan fingerprint density at radius 2 is 0.975 bits per heavy atom. The van der Waals surface area contributed by atoms with Gasteiger partial charge in [0.2, 0.25) is 0 Å². The summed E-state index contributed by atoms with van der Waals surface area (Å²) in [5.41, 5.74) is -1.58. The van der Waals surface area contributed by atoms with Crippen LogP contribution in [0.1, 0.15) is 247 Å². The van der Waals surface area contributed by atoms with Gasteiger partial charge in [-0.3, -0.25) is 0 Å². The fourth-order valence-electron chi connectivity index (χ4n) is 14.7. The van der Waals surface area contributed by atoms with Gasteiger partial charge in [-0.15, -0.1) is 0 Å². The summed E-state index contributed by atoms with van der Waals surface area (Å²) in [5.74, 6) is 2.50. The van der Waals surface area contributed by atoms with Crippen molar-refractivity contribution < 1.29 is 42.8 Å². The average Bonchev–Trinajstić information content (AvgIpc) is 3.84. The third-order valence-electron chi connectivity index (χ3n) is 21.7. The molecule has 0 bridgehead atoms. The summed E-state index contributed by atoms with van der Waals surface area (Å²) < 4.78 is 43.4. The van der Waals surface area contributed by atoms with Crippen LogP contribution in [-0.4, -0.2) is 98.6 Å². The van der Waals surface area contributed by atoms with Crippen molar-refractivity contribution in [2.45, 2.75) is 329 Å². The Bertz CT molecular complexity index is 2070. The molecular weight excluding hydrogens is 1040 g/mol. The first-order chi connectivity index (χ1) is 35.8. The van der Waals surface area contributed by atoms with Crippen LogP contribution in [0.15, 0.2) is 35.2 Å². The van der Waals surface area contributed by atoms with Crippen LogP contribution in [0.2, 0.25) is 36.3 Å². The number of aliphatic hydroxyl groups excluding tert-OH is 3. The summed E-state index contributed by atoms with van der Waals surface area (Å²) in [4.78, 5) is 0.311. The lowest BCUT2D eigenvalue weighted by atomic mass is 9.60. The summed E-state index contributed by atoms with van der Waals surface area (Å²) in [6, 6.07) is 8.78. The molecule has 12 heteroatoms. The second-order valence-electron chi connectivity index (χ2n) is 33.1. The van der Waals surface area contributed by atoms with Crippen molar-refractivity contribution in [3.8, 4) is 0 Å². The molecule has 1 aromatic carbocycles. The van der Waals surface area contributed by atoms with Crippen molar-refractivity contribution in [3.63, 3.8) is 0 Å². The zero-order valence-corrected chi connectivity index (χ0v) is 58.3. The summed E-state index contributed by atoms with van der Waals surface area (Å²) >= 11 is 0. The monoisotopic (exact) mass is 1160 g/mol. The Labute approximate surface area is 490 Å². The quantitative estimate of drug-likeness (QED) is 0.0714. The molecule has 4 aliphatic rings. The largest absolute Gasteiger partial charge is 0.414 e. The van der Waals surface area contributed by atoms with Crippen LogP contribution in [0.4, 0.5) is 0 Å². The lowest BCUT2D eigenvalue weighted by Crippen LogP contribution is -2.51. The van der Waals surface area contributed by atoms with E-state index < -0.39 is 55.1 Å². The smallest absolute Gasteiger partial charge is 0.192 e. The molecule has 0 aromatic heterocycles. The third kappa shape index (κ3) is 19.4. The van der Waals surface area contributed by atoms with Crippen molar-refractivity contribution >= 4 is 26.5 Å². The molecule has 464 valence electrons. The Kier molecular flexibility index (Phi) is 25.5. The van der Waals surface area contributed by atoms with Gasteiger partial charge in [0.1, 0.15) is 0 Å². The van der Waals surface area contributed by atoms with Crippen LogP contribution in [0.25, 0.3) is 0 Å². The van der Waals surface area contributed by atoms with E-state index in [9.17, 15) is 28.8 Å². The van der Waals surface area contributed by atoms with E-state index in [4.69, 9.17) is 14.0 Å². The van der Waals surface area contributed by atoms with E-state index in [1.54, 1.807) is 52.0 Å². The molecule has 4 fully saturated rings. The van der Waals surface area contributed by atoms with Gasteiger partial charge in [0, 0.05) is 19.3 Å². The van der Waals surface area contributed by atoms with Gasteiger partial charge >= 0.3 is 0 Å². The van der Waals surface area contributed by atoms with Gasteiger partial charge < -0.3 is 34.4 Å². The molecular formula is C67H128O9SSi2. The van der Waals surface area contributed by atoms with E-state index >= 15 is 0 Å². The highest BCUT2D eigenvalue weighted by Crippen LogP contribution is 2.62. The zero-order chi connectivity index (χ0) is 60.8. The highest BCUT2D eigenvalue weighted by Gasteiger charge is 2.58. The molecule has 79 heavy (non-hydrogen) atoms. The topological polar surface area (TPSA) is 154 Å². The second-order valence-corrected chi connectivity index (χ2v) is 44.8. The van der Waals surface area contributed by atoms with Gasteiger partial charge in [-0.2, -0.15) is 0 Å². The van der Waals surface area contributed by atoms with Gasteiger partial charge in [0.25, 0.3) is 0 Å². The molecule has 9 nitrogen and oxygen atoms in total. The minimum Gasteiger partial charge on any atom is -0.414 e. The first-order valence-corrected chi connectivity index (χ1v) is 39.0. The lowest BCUT2D eigenvalue weighted by molar-refractivity contribution is -0.0591. The summed E-state index contributed by atoms with van der Waals surface area (Å²) in [5, 5.41) is 49.6. The number of benzene rings is 1. The van der Waals surface area contributed by atoms with Crippen molar-refractivity contribution in [2.75, 3.05) is 7.11 Å². The number of rotatable bonds is 22. The molecule has 1 aromatic rings. The van der Waals surface area contributed by atoms with Gasteiger partial charge in [0.05, 0.1) is 33.6 Å². The number of fused-ring (bicyclic) bond motifs is 2. The van der Waals surface area contributed by atoms with Gasteiger partial charge in [-0.05, 0) is 223 Å². The number of hydrogen-bond donors (Lipinski definition) is 5. The molecule has 0 saturated heterocycles. The van der Waals surface area contributed by atoms with Crippen LogP contribution in [-0.2, 0) is 18.7 Å². The standard InChI is InChI=1S/C36H64O5SSi.C30H60O3Si.CH4O/c1-33(2,3)23-15-19-27(31(25-32(37)35(7,8)38)42(39,40)26-17-13-12-14-18-26)28-21-22-29-30(20-16-24-36(28,29)9)41-43(10,11)34(4,5)6;1-27(2,3)20-12-14-22(16-19-26(31)29(7,8)32)23-17-18-24-25(15-13-21-30(23,24)9)33-34(10,11)28(4,5)6;1-2/h12-14,17-18,27-32,37-38H,15-16,19-25H2,1-11H3;22-26,31-32H,12-21H2,1-11H3;2H,1H3/t27-,28?,29?,30+,31?,32?,36-;22-,23?,24?,25-,26?,30+;/m10./s1. The summed E-state index contributed by atoms with van der Waals surface area (Å²) in [7, 11) is -6.54. The molecule has 13 atom stereocenters. The van der Waals surface area contributed by atoms with E-state index in [0.29, 0.717) is 51.9 Å². The Balaban J connectivity index is 0.000000413. The Morgan fingerprint density at radius 3 is 1.38 bits per heavy atom. The Morgan fingerprint density at radius 1 is 0.570 bits per heavy atom. The third-order valence-corrected chi connectivity index (χ3v) is 32.9. The maximum atomic E-state index is 14.6. The summed E-state index contributed by atoms with van der Waals surface area (Å²) in [6.07, 6.45) is 18.8. The van der Waals surface area contributed by atoms with Crippen LogP contribution in [0.5, 0.6) is 0 Å². The SMILES string of the molecule is CC(C)(C)CCC[C@@H](CCC(O)C(C)(C)O)C1CCC2[C@@H](O[Si](C)(C)C(C)(C)C)CCC[C@]12C.CC(C)(C)CCC[C@H](C1CCC2[C@@H](O[Si](C)(C)C(C)(C)C)CCC[C@]12C)C(CC(O)C(C)(C)O)S(=O)(=O)c1ccccc1.CO. The molecule has 0 aliphatic heterocycles. The molecule has 0 amide bonds. The molecule has 5 N–H and O–H groups in total. The highest BCUT2D eigenvalue weighted by molar-refractivity contribution is 7.92. The predicted molar refractivity (Wildman–Crippen MR) is 338 cm³/mol. The van der Waals surface area contributed by atoms with Gasteiger partial charge in [-0.25, -0.2) is 8.42 Å². The van der Waals surface area contributed by atoms with Crippen LogP contribution in [0.3, 0.4) is 0 Å². The number of sulfone groups is 1. The molecule has 0 heterocycles. The molecule has 7 unspecified atom stereocenters. The second kappa shape index (κ2) is 27.8. The zero-order valence-electron chi connectivity index (χ0n) is 55.4. The van der Waals surface area contributed by atoms with Crippen molar-refractivity contribution in [1.82, 2.24) is 0 Å². The Hall–Kier alpha value is -0.676. The average molecular weight is 1170 g/mol. The molecule has 4 aliphatic carbocycles. The summed E-state index contributed by atoms with van der Waals surface area (Å²) in [6.45, 7) is 48.9. The van der Waals surface area contributed by atoms with E-state index in [1.807, 2.05) is 6.07 Å². The highest BCUT2D eigenvalue weighted by atomic mass is 32.2. The van der Waals surface area contributed by atoms with Gasteiger partial charge in [0.15, 0.2) is 26.5 Å². The normalized spacial score (nSPS) is 28.5. The van der Waals surface area contributed by atoms with Crippen molar-refractivity contribution in [1.29, 1.82) is 0 Å². The molecule has 0 radical (unpaired) electrons. The van der Waals surface area contributed by atoms with Crippen molar-refractivity contribution in [2.24, 2.45) is 57.2 Å². The van der Waals surface area contributed by atoms with Crippen LogP contribution < -0.4 is 0 Å². The molecule has 4 saturated carbocycles. The maximum Gasteiger partial charge on any atom is 0.192 e. The lowest BCUT2D eigenvalue weighted by Gasteiger charge is -2.51. The number of aliphatic hydroxyl groups is 5. The van der Waals surface area contributed by atoms with E-state index in [1.165, 1.54) is 51.4 Å². The van der Waals surface area contributed by atoms with Gasteiger partial charge in [-0.1, -0.05) is 147 Å². The first-order valence-electron chi connectivity index (χ1n) is 31.7. The van der Waals surface area contributed by atoms with Crippen LogP contribution in [0, 0.1) is 57.2 Å². The van der Waals surface area contributed by atoms with E-state index in [2.05, 4.69) is 123 Å². The fraction of sp³-hybridized carbons (Fsp3) is 0.910. The minimum absolute atomic E-state index is 0.0260. The maximum absolute atomic E-state index is 14.6. The fourth-order valence-corrected chi connectivity index (χ4v) is 19.6. The van der Waals surface area contributed by atoms with E-state index in [-0.39, 0.29) is 45.3 Å². The first kappa shape index (κ1) is 72.6. The van der Waals surface area contributed by atoms with E-state index in [0.717, 1.165) is 64.9 Å². The molecule has 0 spiro atoms. The number of hydrogen-bond acceptors (Lipinski definition) is 9. The molecule has 5 rings (SSSR count). The minimum atomic E-state index is -3.78.